The number of rotatable bonds is 12. The number of carboxylic acid groups (broad SMARTS) is 1. The largest absolute Gasteiger partial charge is 0.508 e. The topological polar surface area (TPSA) is 188 Å². The number of aromatic hydroxyl groups is 1. The van der Waals surface area contributed by atoms with Crippen LogP contribution in [-0.2, 0) is 25.6 Å². The summed E-state index contributed by atoms with van der Waals surface area (Å²) in [5.41, 5.74) is 11.6. The van der Waals surface area contributed by atoms with E-state index in [9.17, 15) is 29.4 Å². The second-order valence-electron chi connectivity index (χ2n) is 8.07. The molecule has 0 bridgehead atoms. The van der Waals surface area contributed by atoms with Gasteiger partial charge in [-0.2, -0.15) is 0 Å². The Morgan fingerprint density at radius 3 is 2.36 bits per heavy atom. The summed E-state index contributed by atoms with van der Waals surface area (Å²) in [7, 11) is 0. The monoisotopic (exact) mass is 463 g/mol. The Kier molecular flexibility index (Phi) is 10.1. The van der Waals surface area contributed by atoms with Gasteiger partial charge in [0.1, 0.15) is 23.9 Å². The number of amides is 3. The molecule has 33 heavy (non-hydrogen) atoms. The van der Waals surface area contributed by atoms with E-state index in [1.165, 1.54) is 17.0 Å². The van der Waals surface area contributed by atoms with E-state index in [-0.39, 0.29) is 25.1 Å². The molecule has 11 heteroatoms. The molecule has 1 aromatic carbocycles. The summed E-state index contributed by atoms with van der Waals surface area (Å²) in [6, 6.07) is 3.37. The third-order valence-corrected chi connectivity index (χ3v) is 5.59. The molecule has 0 spiro atoms. The Labute approximate surface area is 192 Å². The Bertz CT molecular complexity index is 831. The van der Waals surface area contributed by atoms with Crippen LogP contribution in [0.25, 0.3) is 0 Å². The number of aliphatic carboxylic acids is 1. The van der Waals surface area contributed by atoms with E-state index in [0.29, 0.717) is 44.3 Å². The van der Waals surface area contributed by atoms with Crippen LogP contribution in [0.15, 0.2) is 24.3 Å². The minimum Gasteiger partial charge on any atom is -0.508 e. The first kappa shape index (κ1) is 26.1. The number of benzene rings is 1. The zero-order valence-electron chi connectivity index (χ0n) is 18.5. The number of unbranched alkanes of at least 4 members (excludes halogenated alkanes) is 1. The lowest BCUT2D eigenvalue weighted by molar-refractivity contribution is -0.145. The molecule has 1 heterocycles. The summed E-state index contributed by atoms with van der Waals surface area (Å²) in [5.74, 6) is -2.56. The van der Waals surface area contributed by atoms with Gasteiger partial charge in [0.05, 0.1) is 6.54 Å². The summed E-state index contributed by atoms with van der Waals surface area (Å²) in [4.78, 5) is 51.1. The zero-order chi connectivity index (χ0) is 24.4. The highest BCUT2D eigenvalue weighted by atomic mass is 16.4. The summed E-state index contributed by atoms with van der Waals surface area (Å²) in [6.45, 7) is 0.445. The van der Waals surface area contributed by atoms with Crippen LogP contribution in [0.2, 0.25) is 0 Å². The van der Waals surface area contributed by atoms with Crippen molar-refractivity contribution in [3.8, 4) is 5.75 Å². The zero-order valence-corrected chi connectivity index (χ0v) is 18.5. The van der Waals surface area contributed by atoms with E-state index in [4.69, 9.17) is 11.5 Å². The molecular formula is C22H33N5O6. The molecule has 1 aliphatic rings. The van der Waals surface area contributed by atoms with Gasteiger partial charge >= 0.3 is 5.97 Å². The number of nitrogens with one attached hydrogen (secondary N) is 2. The number of nitrogens with two attached hydrogens (primary N) is 2. The predicted octanol–water partition coefficient (Wildman–Crippen LogP) is -0.932. The first-order valence-corrected chi connectivity index (χ1v) is 11.1. The molecule has 3 amide bonds. The molecule has 1 saturated heterocycles. The van der Waals surface area contributed by atoms with E-state index in [0.717, 1.165) is 0 Å². The molecule has 2 rings (SSSR count). The van der Waals surface area contributed by atoms with Crippen LogP contribution < -0.4 is 22.1 Å². The van der Waals surface area contributed by atoms with E-state index >= 15 is 0 Å². The van der Waals surface area contributed by atoms with Crippen LogP contribution in [0.3, 0.4) is 0 Å². The second kappa shape index (κ2) is 12.8. The molecule has 3 atom stereocenters. The highest BCUT2D eigenvalue weighted by Crippen LogP contribution is 2.21. The van der Waals surface area contributed by atoms with E-state index < -0.39 is 41.8 Å². The van der Waals surface area contributed by atoms with Gasteiger partial charge in [-0.1, -0.05) is 12.1 Å². The number of nitrogens with zero attached hydrogens (tertiary/aromatic N) is 1. The number of phenols is 1. The molecule has 0 radical (unpaired) electrons. The van der Waals surface area contributed by atoms with Crippen LogP contribution in [0.1, 0.15) is 37.7 Å². The van der Waals surface area contributed by atoms with E-state index in [2.05, 4.69) is 10.6 Å². The normalized spacial score (nSPS) is 17.3. The summed E-state index contributed by atoms with van der Waals surface area (Å²) >= 11 is 0. The smallest absolute Gasteiger partial charge is 0.326 e. The molecule has 11 nitrogen and oxygen atoms in total. The molecule has 8 N–H and O–H groups in total. The molecule has 0 aliphatic carbocycles. The highest BCUT2D eigenvalue weighted by Gasteiger charge is 2.38. The fourth-order valence-corrected chi connectivity index (χ4v) is 3.84. The number of hydrogen-bond acceptors (Lipinski definition) is 7. The van der Waals surface area contributed by atoms with Crippen LogP contribution in [-0.4, -0.2) is 76.6 Å². The first-order valence-electron chi connectivity index (χ1n) is 11.1. The van der Waals surface area contributed by atoms with Crippen molar-refractivity contribution in [2.45, 2.75) is 56.7 Å². The van der Waals surface area contributed by atoms with Crippen molar-refractivity contribution >= 4 is 23.7 Å². The van der Waals surface area contributed by atoms with E-state index in [1.54, 1.807) is 12.1 Å². The number of carbonyl (C=O) groups is 4. The minimum atomic E-state index is -1.14. The Hall–Kier alpha value is -3.18. The number of likely N-dealkylation sites (tertiary alicyclic amines) is 1. The second-order valence-corrected chi connectivity index (χ2v) is 8.07. The fourth-order valence-electron chi connectivity index (χ4n) is 3.84. The maximum absolute atomic E-state index is 13.3. The number of carbonyl (C=O) groups excluding carboxylic acids is 3. The Balaban J connectivity index is 2.13. The molecule has 1 fully saturated rings. The van der Waals surface area contributed by atoms with Gasteiger partial charge in [-0.25, -0.2) is 4.79 Å². The van der Waals surface area contributed by atoms with Crippen LogP contribution in [0.5, 0.6) is 5.75 Å². The van der Waals surface area contributed by atoms with Crippen molar-refractivity contribution in [3.63, 3.8) is 0 Å². The van der Waals surface area contributed by atoms with Crippen molar-refractivity contribution in [3.05, 3.63) is 29.8 Å². The van der Waals surface area contributed by atoms with Gasteiger partial charge in [0.25, 0.3) is 0 Å². The molecule has 1 aromatic rings. The van der Waals surface area contributed by atoms with Crippen molar-refractivity contribution < 1.29 is 29.4 Å². The Morgan fingerprint density at radius 1 is 1.06 bits per heavy atom. The Morgan fingerprint density at radius 2 is 1.76 bits per heavy atom. The summed E-state index contributed by atoms with van der Waals surface area (Å²) < 4.78 is 0. The van der Waals surface area contributed by atoms with Gasteiger partial charge in [0, 0.05) is 13.0 Å². The van der Waals surface area contributed by atoms with Crippen molar-refractivity contribution in [2.75, 3.05) is 19.6 Å². The first-order chi connectivity index (χ1) is 15.8. The summed E-state index contributed by atoms with van der Waals surface area (Å²) in [5, 5.41) is 24.1. The molecule has 182 valence electrons. The standard InChI is InChI=1S/C22H33N5O6/c23-10-2-1-4-16(22(32)33)26-20(30)18-5-3-11-27(18)21(31)17(25-19(29)13-24)12-14-6-8-15(28)9-7-14/h6-9,16-18,28H,1-5,10-13,23-24H2,(H,25,29)(H,26,30)(H,32,33). The minimum absolute atomic E-state index is 0.0725. The van der Waals surface area contributed by atoms with Crippen molar-refractivity contribution in [1.82, 2.24) is 15.5 Å². The molecule has 1 aliphatic heterocycles. The van der Waals surface area contributed by atoms with E-state index in [1.807, 2.05) is 0 Å². The lowest BCUT2D eigenvalue weighted by Gasteiger charge is -2.29. The lowest BCUT2D eigenvalue weighted by atomic mass is 10.0. The van der Waals surface area contributed by atoms with Crippen LogP contribution >= 0.6 is 0 Å². The molecule has 0 aromatic heterocycles. The number of hydrogen-bond donors (Lipinski definition) is 6. The average Bonchev–Trinajstić information content (AvgIpc) is 3.28. The van der Waals surface area contributed by atoms with Gasteiger partial charge in [0.2, 0.25) is 17.7 Å². The van der Waals surface area contributed by atoms with Gasteiger partial charge in [-0.05, 0) is 56.3 Å². The lowest BCUT2D eigenvalue weighted by Crippen LogP contribution is -2.56. The number of phenolic OH excluding ortho intramolecular Hbond substituents is 1. The SMILES string of the molecule is NCCCCC(NC(=O)C1CCCN1C(=O)C(Cc1ccc(O)cc1)NC(=O)CN)C(=O)O. The quantitative estimate of drug-likeness (QED) is 0.214. The van der Waals surface area contributed by atoms with Gasteiger partial charge < -0.3 is 37.2 Å². The summed E-state index contributed by atoms with van der Waals surface area (Å²) in [6.07, 6.45) is 2.56. The van der Waals surface area contributed by atoms with Gasteiger partial charge in [0.15, 0.2) is 0 Å². The van der Waals surface area contributed by atoms with Crippen molar-refractivity contribution in [2.24, 2.45) is 11.5 Å². The fraction of sp³-hybridized carbons (Fsp3) is 0.545. The maximum atomic E-state index is 13.3. The van der Waals surface area contributed by atoms with Gasteiger partial charge in [-0.15, -0.1) is 0 Å². The van der Waals surface area contributed by atoms with Crippen molar-refractivity contribution in [1.29, 1.82) is 0 Å². The third kappa shape index (κ3) is 7.72. The van der Waals surface area contributed by atoms with Gasteiger partial charge in [-0.3, -0.25) is 14.4 Å². The molecule has 3 unspecified atom stereocenters. The molecule has 0 saturated carbocycles. The maximum Gasteiger partial charge on any atom is 0.326 e. The average molecular weight is 464 g/mol. The van der Waals surface area contributed by atoms with Crippen LogP contribution in [0.4, 0.5) is 0 Å². The highest BCUT2D eigenvalue weighted by molar-refractivity contribution is 5.94. The molecular weight excluding hydrogens is 430 g/mol. The predicted molar refractivity (Wildman–Crippen MR) is 120 cm³/mol. The number of carboxylic acids is 1. The van der Waals surface area contributed by atoms with Crippen LogP contribution in [0, 0.1) is 0 Å². The third-order valence-electron chi connectivity index (χ3n) is 5.59.